The van der Waals surface area contributed by atoms with Gasteiger partial charge in [0.25, 0.3) is 0 Å². The van der Waals surface area contributed by atoms with Crippen molar-refractivity contribution < 1.29 is 8.78 Å². The van der Waals surface area contributed by atoms with Crippen LogP contribution in [0.2, 0.25) is 0 Å². The molecule has 0 radical (unpaired) electrons. The maximum Gasteiger partial charge on any atom is 0.231 e. The van der Waals surface area contributed by atoms with Crippen LogP contribution in [0.25, 0.3) is 22.2 Å². The van der Waals surface area contributed by atoms with E-state index in [9.17, 15) is 8.78 Å². The number of aromatic nitrogens is 3. The molecule has 5 rings (SSSR count). The molecule has 8 heteroatoms. The Morgan fingerprint density at radius 2 is 1.79 bits per heavy atom. The van der Waals surface area contributed by atoms with E-state index in [1.165, 1.54) is 6.07 Å². The molecule has 0 amide bonds. The van der Waals surface area contributed by atoms with E-state index in [1.54, 1.807) is 6.07 Å². The average molecular weight is 461 g/mol. The number of rotatable bonds is 5. The van der Waals surface area contributed by atoms with E-state index in [1.807, 2.05) is 56.8 Å². The van der Waals surface area contributed by atoms with Crippen molar-refractivity contribution in [3.8, 4) is 11.1 Å². The minimum atomic E-state index is -0.965. The molecule has 0 bridgehead atoms. The van der Waals surface area contributed by atoms with E-state index in [4.69, 9.17) is 5.73 Å². The van der Waals surface area contributed by atoms with Crippen molar-refractivity contribution >= 4 is 34.7 Å². The van der Waals surface area contributed by atoms with Crippen molar-refractivity contribution in [1.82, 2.24) is 14.5 Å². The van der Waals surface area contributed by atoms with Gasteiger partial charge in [0.1, 0.15) is 11.5 Å². The molecule has 0 spiro atoms. The number of nitrogen functional groups attached to an aromatic ring is 1. The van der Waals surface area contributed by atoms with E-state index < -0.39 is 11.6 Å². The van der Waals surface area contributed by atoms with Crippen LogP contribution in [-0.2, 0) is 6.54 Å². The molecule has 2 aromatic carbocycles. The lowest BCUT2D eigenvalue weighted by Crippen LogP contribution is -2.07. The second-order valence-corrected chi connectivity index (χ2v) is 9.13. The summed E-state index contributed by atoms with van der Waals surface area (Å²) in [5, 5.41) is 3.53. The minimum absolute atomic E-state index is 0.0411. The molecule has 0 saturated heterocycles. The number of aliphatic imine (C=N–C) groups is 1. The highest BCUT2D eigenvalue weighted by atomic mass is 19.2. The fourth-order valence-electron chi connectivity index (χ4n) is 4.43. The Hall–Kier alpha value is -3.81. The maximum absolute atomic E-state index is 14.7. The molecule has 0 unspecified atom stereocenters. The molecular weight excluding hydrogens is 434 g/mol. The van der Waals surface area contributed by atoms with Crippen LogP contribution in [0.5, 0.6) is 0 Å². The van der Waals surface area contributed by atoms with Crippen LogP contribution in [0, 0.1) is 11.6 Å². The first-order chi connectivity index (χ1) is 16.3. The van der Waals surface area contributed by atoms with Crippen molar-refractivity contribution in [3.05, 3.63) is 64.9 Å². The zero-order valence-corrected chi connectivity index (χ0v) is 19.5. The Bertz CT molecular complexity index is 1450. The predicted octanol–water partition coefficient (Wildman–Crippen LogP) is 6.34. The molecule has 3 heterocycles. The van der Waals surface area contributed by atoms with Gasteiger partial charge in [-0.05, 0) is 42.5 Å². The first-order valence-electron chi connectivity index (χ1n) is 11.3. The largest absolute Gasteiger partial charge is 0.383 e. The Morgan fingerprint density at radius 3 is 2.53 bits per heavy atom. The number of benzene rings is 2. The van der Waals surface area contributed by atoms with Gasteiger partial charge in [0.05, 0.1) is 17.6 Å². The van der Waals surface area contributed by atoms with Crippen LogP contribution in [0.4, 0.5) is 26.2 Å². The summed E-state index contributed by atoms with van der Waals surface area (Å²) < 4.78 is 31.3. The number of nitrogens with zero attached hydrogens (tertiary/aromatic N) is 4. The zero-order valence-electron chi connectivity index (χ0n) is 19.5. The van der Waals surface area contributed by atoms with Gasteiger partial charge < -0.3 is 15.6 Å². The average Bonchev–Trinajstić information content (AvgIpc) is 3.42. The monoisotopic (exact) mass is 460 g/mol. The number of halogens is 2. The molecule has 0 aliphatic carbocycles. The van der Waals surface area contributed by atoms with E-state index in [-0.39, 0.29) is 29.4 Å². The van der Waals surface area contributed by atoms with Crippen LogP contribution in [0.15, 0.2) is 41.5 Å². The summed E-state index contributed by atoms with van der Waals surface area (Å²) in [5.41, 5.74) is 11.5. The van der Waals surface area contributed by atoms with Gasteiger partial charge in [-0.3, -0.25) is 4.99 Å². The third-order valence-corrected chi connectivity index (χ3v) is 6.21. The summed E-state index contributed by atoms with van der Waals surface area (Å²) in [6.45, 7) is 8.38. The lowest BCUT2D eigenvalue weighted by Gasteiger charge is -2.13. The fourth-order valence-corrected chi connectivity index (χ4v) is 4.43. The summed E-state index contributed by atoms with van der Waals surface area (Å²) in [7, 11) is 0. The molecule has 1 aliphatic heterocycles. The lowest BCUT2D eigenvalue weighted by atomic mass is 9.97. The number of anilines is 3. The minimum Gasteiger partial charge on any atom is -0.383 e. The molecule has 3 N–H and O–H groups in total. The third kappa shape index (κ3) is 3.50. The summed E-state index contributed by atoms with van der Waals surface area (Å²) in [6, 6.07) is 9.26. The van der Waals surface area contributed by atoms with Crippen LogP contribution in [0.3, 0.4) is 0 Å². The summed E-state index contributed by atoms with van der Waals surface area (Å²) >= 11 is 0. The topological polar surface area (TPSA) is 81.1 Å². The Morgan fingerprint density at radius 1 is 1.00 bits per heavy atom. The predicted molar refractivity (Wildman–Crippen MR) is 133 cm³/mol. The van der Waals surface area contributed by atoms with E-state index in [2.05, 4.69) is 26.3 Å². The molecule has 1 aliphatic rings. The Kier molecular flexibility index (Phi) is 5.31. The molecule has 6 nitrogen and oxygen atoms in total. The van der Waals surface area contributed by atoms with Gasteiger partial charge in [-0.25, -0.2) is 8.78 Å². The smallest absolute Gasteiger partial charge is 0.231 e. The number of fused-ring (bicyclic) bond motifs is 2. The molecular formula is C26H26F2N6. The normalized spacial score (nSPS) is 12.8. The second-order valence-electron chi connectivity index (χ2n) is 9.13. The number of hydrogen-bond donors (Lipinski definition) is 2. The molecule has 0 atom stereocenters. The molecule has 0 saturated carbocycles. The summed E-state index contributed by atoms with van der Waals surface area (Å²) in [6.07, 6.45) is 3.90. The Balaban J connectivity index is 1.64. The summed E-state index contributed by atoms with van der Waals surface area (Å²) in [4.78, 5) is 13.5. The van der Waals surface area contributed by atoms with Crippen molar-refractivity contribution in [2.24, 2.45) is 4.99 Å². The molecule has 34 heavy (non-hydrogen) atoms. The molecule has 2 aromatic heterocycles. The molecule has 4 aromatic rings. The highest BCUT2D eigenvalue weighted by Crippen LogP contribution is 2.38. The first kappa shape index (κ1) is 22.0. The van der Waals surface area contributed by atoms with Gasteiger partial charge in [-0.15, -0.1) is 0 Å². The standard InChI is InChI=1S/C26H26F2N6/c1-13(2)16-8-9-20(23(28)22(16)27)31-26-32-24(29)21-19(12-34(14(3)4)25(21)33-26)17-7-5-6-15-10-30-11-18(15)17/h5-9,11-14H,10H2,1-4H3,(H3,29,31,32,33). The van der Waals surface area contributed by atoms with Crippen molar-refractivity contribution in [2.45, 2.75) is 46.2 Å². The van der Waals surface area contributed by atoms with Crippen molar-refractivity contribution in [1.29, 1.82) is 0 Å². The SMILES string of the molecule is CC(C)c1ccc(Nc2nc(N)c3c(-c4cccc5c4C=NC5)cn(C(C)C)c3n2)c(F)c1F. The molecule has 174 valence electrons. The number of nitrogens with one attached hydrogen (secondary N) is 1. The van der Waals surface area contributed by atoms with E-state index in [0.717, 1.165) is 27.6 Å². The fraction of sp³-hybridized carbons (Fsp3) is 0.269. The van der Waals surface area contributed by atoms with Crippen LogP contribution >= 0.6 is 0 Å². The second kappa shape index (κ2) is 8.20. The van der Waals surface area contributed by atoms with Gasteiger partial charge >= 0.3 is 0 Å². The summed E-state index contributed by atoms with van der Waals surface area (Å²) in [5.74, 6) is -1.61. The third-order valence-electron chi connectivity index (χ3n) is 6.21. The lowest BCUT2D eigenvalue weighted by molar-refractivity contribution is 0.496. The quantitative estimate of drug-likeness (QED) is 0.364. The van der Waals surface area contributed by atoms with Gasteiger partial charge in [0, 0.05) is 29.6 Å². The van der Waals surface area contributed by atoms with Crippen LogP contribution in [0.1, 0.15) is 56.3 Å². The van der Waals surface area contributed by atoms with Crippen LogP contribution < -0.4 is 11.1 Å². The number of nitrogens with two attached hydrogens (primary N) is 1. The van der Waals surface area contributed by atoms with Crippen LogP contribution in [-0.4, -0.2) is 20.7 Å². The van der Waals surface area contributed by atoms with Gasteiger partial charge in [-0.2, -0.15) is 9.97 Å². The van der Waals surface area contributed by atoms with Gasteiger partial charge in [0.15, 0.2) is 11.6 Å². The first-order valence-corrected chi connectivity index (χ1v) is 11.3. The zero-order chi connectivity index (χ0) is 24.1. The van der Waals surface area contributed by atoms with E-state index >= 15 is 0 Å². The molecule has 0 fully saturated rings. The Labute approximate surface area is 196 Å². The maximum atomic E-state index is 14.7. The highest BCUT2D eigenvalue weighted by Gasteiger charge is 2.22. The van der Waals surface area contributed by atoms with Gasteiger partial charge in [-0.1, -0.05) is 38.1 Å². The van der Waals surface area contributed by atoms with E-state index in [0.29, 0.717) is 17.8 Å². The van der Waals surface area contributed by atoms with Gasteiger partial charge in [0.2, 0.25) is 5.95 Å². The van der Waals surface area contributed by atoms with Crippen molar-refractivity contribution in [3.63, 3.8) is 0 Å². The van der Waals surface area contributed by atoms with Crippen molar-refractivity contribution in [2.75, 3.05) is 11.1 Å². The highest BCUT2D eigenvalue weighted by molar-refractivity contribution is 6.06. The number of hydrogen-bond acceptors (Lipinski definition) is 5.